The normalized spacial score (nSPS) is 11.3. The number of hydrogen-bond acceptors (Lipinski definition) is 4. The summed E-state index contributed by atoms with van der Waals surface area (Å²) in [5.41, 5.74) is 1.69. The van der Waals surface area contributed by atoms with Gasteiger partial charge in [-0.15, -0.1) is 0 Å². The summed E-state index contributed by atoms with van der Waals surface area (Å²) in [4.78, 5) is 10.3. The number of rotatable bonds is 6. The smallest absolute Gasteiger partial charge is 0.258 e. The van der Waals surface area contributed by atoms with Crippen LogP contribution in [0.2, 0.25) is 0 Å². The van der Waals surface area contributed by atoms with Crippen molar-refractivity contribution in [3.8, 4) is 0 Å². The van der Waals surface area contributed by atoms with E-state index in [-0.39, 0.29) is 17.1 Å². The molecule has 0 aromatic heterocycles. The minimum absolute atomic E-state index is 0.0261. The number of nitrogens with one attached hydrogen (secondary N) is 1. The Hall–Kier alpha value is -2.25. The molecule has 0 radical (unpaired) electrons. The number of nitro groups is 1. The highest BCUT2D eigenvalue weighted by Gasteiger charge is 2.13. The van der Waals surface area contributed by atoms with Crippen molar-refractivity contribution < 1.29 is 13.3 Å². The Balaban J connectivity index is 2.06. The first kappa shape index (κ1) is 16.1. The topological polar surface area (TPSA) is 89.3 Å². The molecule has 0 amide bonds. The SMILES string of the molecule is CCc1ccc(S(=O)(=O)NCc2ccc([N+](=O)[O-])cc2)cc1. The molecule has 22 heavy (non-hydrogen) atoms. The molecule has 0 saturated carbocycles. The van der Waals surface area contributed by atoms with E-state index in [1.807, 2.05) is 6.92 Å². The zero-order valence-corrected chi connectivity index (χ0v) is 12.8. The van der Waals surface area contributed by atoms with E-state index in [4.69, 9.17) is 0 Å². The van der Waals surface area contributed by atoms with Crippen LogP contribution in [-0.4, -0.2) is 13.3 Å². The monoisotopic (exact) mass is 320 g/mol. The number of aryl methyl sites for hydroxylation is 1. The van der Waals surface area contributed by atoms with Crippen LogP contribution in [-0.2, 0) is 23.0 Å². The third kappa shape index (κ3) is 3.90. The summed E-state index contributed by atoms with van der Waals surface area (Å²) in [5, 5.41) is 10.6. The fourth-order valence-electron chi connectivity index (χ4n) is 1.90. The molecule has 0 heterocycles. The fraction of sp³-hybridized carbons (Fsp3) is 0.200. The molecule has 2 aromatic carbocycles. The Morgan fingerprint density at radius 1 is 1.00 bits per heavy atom. The molecule has 0 aliphatic carbocycles. The maximum Gasteiger partial charge on any atom is 0.269 e. The van der Waals surface area contributed by atoms with E-state index in [0.717, 1.165) is 12.0 Å². The molecule has 0 bridgehead atoms. The van der Waals surface area contributed by atoms with Crippen molar-refractivity contribution in [1.82, 2.24) is 4.72 Å². The lowest BCUT2D eigenvalue weighted by atomic mass is 10.2. The predicted molar refractivity (Wildman–Crippen MR) is 82.9 cm³/mol. The van der Waals surface area contributed by atoms with E-state index in [0.29, 0.717) is 5.56 Å². The van der Waals surface area contributed by atoms with E-state index < -0.39 is 14.9 Å². The third-order valence-electron chi connectivity index (χ3n) is 3.26. The molecule has 0 aliphatic rings. The molecular weight excluding hydrogens is 304 g/mol. The molecule has 0 atom stereocenters. The van der Waals surface area contributed by atoms with Gasteiger partial charge in [0.05, 0.1) is 9.82 Å². The van der Waals surface area contributed by atoms with Gasteiger partial charge in [0.1, 0.15) is 0 Å². The maximum atomic E-state index is 12.2. The van der Waals surface area contributed by atoms with Gasteiger partial charge in [-0.2, -0.15) is 0 Å². The van der Waals surface area contributed by atoms with Crippen molar-refractivity contribution in [3.05, 3.63) is 69.8 Å². The zero-order chi connectivity index (χ0) is 16.2. The average molecular weight is 320 g/mol. The van der Waals surface area contributed by atoms with Gasteiger partial charge in [-0.25, -0.2) is 13.1 Å². The van der Waals surface area contributed by atoms with Crippen molar-refractivity contribution >= 4 is 15.7 Å². The van der Waals surface area contributed by atoms with Crippen molar-refractivity contribution in [2.24, 2.45) is 0 Å². The lowest BCUT2D eigenvalue weighted by molar-refractivity contribution is -0.384. The van der Waals surface area contributed by atoms with Gasteiger partial charge in [-0.05, 0) is 29.7 Å². The molecule has 2 aromatic rings. The van der Waals surface area contributed by atoms with Gasteiger partial charge >= 0.3 is 0 Å². The van der Waals surface area contributed by atoms with Crippen molar-refractivity contribution in [3.63, 3.8) is 0 Å². The number of sulfonamides is 1. The average Bonchev–Trinajstić information content (AvgIpc) is 2.53. The molecule has 0 saturated heterocycles. The summed E-state index contributed by atoms with van der Waals surface area (Å²) in [5.74, 6) is 0. The summed E-state index contributed by atoms with van der Waals surface area (Å²) >= 11 is 0. The zero-order valence-electron chi connectivity index (χ0n) is 12.0. The largest absolute Gasteiger partial charge is 0.269 e. The van der Waals surface area contributed by atoms with Crippen LogP contribution in [0.25, 0.3) is 0 Å². The second-order valence-corrected chi connectivity index (χ2v) is 6.51. The molecule has 1 N–H and O–H groups in total. The minimum atomic E-state index is -3.59. The second kappa shape index (κ2) is 6.67. The van der Waals surface area contributed by atoms with Crippen molar-refractivity contribution in [2.75, 3.05) is 0 Å². The lowest BCUT2D eigenvalue weighted by Gasteiger charge is -2.07. The summed E-state index contributed by atoms with van der Waals surface area (Å²) in [7, 11) is -3.59. The third-order valence-corrected chi connectivity index (χ3v) is 4.67. The summed E-state index contributed by atoms with van der Waals surface area (Å²) in [6, 6.07) is 12.4. The Labute approximate surface area is 129 Å². The van der Waals surface area contributed by atoms with Gasteiger partial charge in [0.15, 0.2) is 0 Å². The highest BCUT2D eigenvalue weighted by Crippen LogP contribution is 2.14. The van der Waals surface area contributed by atoms with Crippen LogP contribution in [0.3, 0.4) is 0 Å². The quantitative estimate of drug-likeness (QED) is 0.654. The van der Waals surface area contributed by atoms with Crippen LogP contribution in [0, 0.1) is 10.1 Å². The Morgan fingerprint density at radius 3 is 2.05 bits per heavy atom. The molecule has 6 nitrogen and oxygen atoms in total. The first-order chi connectivity index (χ1) is 10.4. The van der Waals surface area contributed by atoms with Gasteiger partial charge in [0.25, 0.3) is 5.69 Å². The summed E-state index contributed by atoms with van der Waals surface area (Å²) < 4.78 is 26.8. The highest BCUT2D eigenvalue weighted by molar-refractivity contribution is 7.89. The second-order valence-electron chi connectivity index (χ2n) is 4.75. The molecule has 0 unspecified atom stereocenters. The molecule has 2 rings (SSSR count). The number of nitro benzene ring substituents is 1. The van der Waals surface area contributed by atoms with E-state index in [2.05, 4.69) is 4.72 Å². The fourth-order valence-corrected chi connectivity index (χ4v) is 2.92. The summed E-state index contributed by atoms with van der Waals surface area (Å²) in [6.45, 7) is 2.08. The molecule has 0 spiro atoms. The maximum absolute atomic E-state index is 12.2. The molecule has 116 valence electrons. The highest BCUT2D eigenvalue weighted by atomic mass is 32.2. The minimum Gasteiger partial charge on any atom is -0.258 e. The molecule has 7 heteroatoms. The van der Waals surface area contributed by atoms with Crippen LogP contribution < -0.4 is 4.72 Å². The van der Waals surface area contributed by atoms with Crippen LogP contribution in [0.4, 0.5) is 5.69 Å². The Bertz CT molecular complexity index is 753. The van der Waals surface area contributed by atoms with Gasteiger partial charge in [-0.1, -0.05) is 31.2 Å². The van der Waals surface area contributed by atoms with E-state index in [1.165, 1.54) is 24.3 Å². The van der Waals surface area contributed by atoms with Crippen LogP contribution in [0.15, 0.2) is 53.4 Å². The van der Waals surface area contributed by atoms with Crippen LogP contribution >= 0.6 is 0 Å². The van der Waals surface area contributed by atoms with Crippen LogP contribution in [0.5, 0.6) is 0 Å². The number of benzene rings is 2. The molecule has 0 fully saturated rings. The first-order valence-electron chi connectivity index (χ1n) is 6.74. The van der Waals surface area contributed by atoms with Crippen molar-refractivity contribution in [2.45, 2.75) is 24.8 Å². The van der Waals surface area contributed by atoms with Gasteiger partial charge in [0, 0.05) is 18.7 Å². The standard InChI is InChI=1S/C15H16N2O4S/c1-2-12-5-9-15(10-6-12)22(20,21)16-11-13-3-7-14(8-4-13)17(18)19/h3-10,16H,2,11H2,1H3. The van der Waals surface area contributed by atoms with E-state index in [1.54, 1.807) is 24.3 Å². The van der Waals surface area contributed by atoms with Gasteiger partial charge < -0.3 is 0 Å². The number of nitrogens with zero attached hydrogens (tertiary/aromatic N) is 1. The predicted octanol–water partition coefficient (Wildman–Crippen LogP) is 2.64. The van der Waals surface area contributed by atoms with Gasteiger partial charge in [0.2, 0.25) is 10.0 Å². The van der Waals surface area contributed by atoms with Gasteiger partial charge in [-0.3, -0.25) is 10.1 Å². The number of non-ortho nitro benzene ring substituents is 1. The Kier molecular flexibility index (Phi) is 4.89. The Morgan fingerprint density at radius 2 is 1.55 bits per heavy atom. The first-order valence-corrected chi connectivity index (χ1v) is 8.22. The number of hydrogen-bond donors (Lipinski definition) is 1. The lowest BCUT2D eigenvalue weighted by Crippen LogP contribution is -2.23. The van der Waals surface area contributed by atoms with E-state index in [9.17, 15) is 18.5 Å². The summed E-state index contributed by atoms with van der Waals surface area (Å²) in [6.07, 6.45) is 0.844. The van der Waals surface area contributed by atoms with Crippen molar-refractivity contribution in [1.29, 1.82) is 0 Å². The molecular formula is C15H16N2O4S. The van der Waals surface area contributed by atoms with E-state index >= 15 is 0 Å². The molecule has 0 aliphatic heterocycles. The van der Waals surface area contributed by atoms with Crippen LogP contribution in [0.1, 0.15) is 18.1 Å².